The number of hydrogen-bond donors (Lipinski definition) is 0. The van der Waals surface area contributed by atoms with Crippen molar-refractivity contribution in [2.45, 2.75) is 44.6 Å². The second kappa shape index (κ2) is 5.34. The molecule has 8 heteroatoms. The number of sulfonamides is 1. The Morgan fingerprint density at radius 3 is 2.55 bits per heavy atom. The quantitative estimate of drug-likeness (QED) is 0.806. The van der Waals surface area contributed by atoms with E-state index in [0.29, 0.717) is 31.1 Å². The third-order valence-electron chi connectivity index (χ3n) is 4.64. The minimum Gasteiger partial charge on any atom is -0.360 e. The molecule has 3 aliphatic rings. The number of amides is 1. The molecule has 122 valence electrons. The molecule has 2 bridgehead atoms. The van der Waals surface area contributed by atoms with E-state index in [1.165, 1.54) is 6.92 Å². The highest BCUT2D eigenvalue weighted by Gasteiger charge is 2.43. The molecule has 3 fully saturated rings. The van der Waals surface area contributed by atoms with Crippen molar-refractivity contribution in [2.24, 2.45) is 5.92 Å². The molecule has 2 atom stereocenters. The van der Waals surface area contributed by atoms with Gasteiger partial charge in [-0.05, 0) is 32.6 Å². The molecule has 1 aromatic heterocycles. The summed E-state index contributed by atoms with van der Waals surface area (Å²) >= 11 is 0. The number of rotatable bonds is 2. The van der Waals surface area contributed by atoms with Crippen LogP contribution >= 0.6 is 0 Å². The predicted molar refractivity (Wildman–Crippen MR) is 78.6 cm³/mol. The van der Waals surface area contributed by atoms with Gasteiger partial charge < -0.3 is 9.42 Å². The maximum atomic E-state index is 13.0. The summed E-state index contributed by atoms with van der Waals surface area (Å²) in [7, 11) is -3.64. The molecule has 1 amide bonds. The molecule has 0 N–H and O–H groups in total. The van der Waals surface area contributed by atoms with Gasteiger partial charge in [0.05, 0.1) is 0 Å². The third kappa shape index (κ3) is 2.44. The minimum atomic E-state index is -3.64. The fourth-order valence-corrected chi connectivity index (χ4v) is 5.57. The van der Waals surface area contributed by atoms with E-state index in [4.69, 9.17) is 4.52 Å². The van der Waals surface area contributed by atoms with Crippen LogP contribution in [0.15, 0.2) is 9.42 Å². The Balaban J connectivity index is 1.97. The number of hydrogen-bond acceptors (Lipinski definition) is 5. The second-order valence-corrected chi connectivity index (χ2v) is 8.08. The fraction of sp³-hybridized carbons (Fsp3) is 0.714. The van der Waals surface area contributed by atoms with Crippen molar-refractivity contribution in [2.75, 3.05) is 19.6 Å². The van der Waals surface area contributed by atoms with Crippen molar-refractivity contribution in [3.63, 3.8) is 0 Å². The Bertz CT molecular complexity index is 677. The first-order chi connectivity index (χ1) is 10.3. The highest BCUT2D eigenvalue weighted by molar-refractivity contribution is 7.89. The van der Waals surface area contributed by atoms with E-state index in [0.717, 1.165) is 12.8 Å². The predicted octanol–water partition coefficient (Wildman–Crippen LogP) is 0.923. The average Bonchev–Trinajstić information content (AvgIpc) is 2.66. The second-order valence-electron chi connectivity index (χ2n) is 6.25. The lowest BCUT2D eigenvalue weighted by atomic mass is 9.97. The van der Waals surface area contributed by atoms with Crippen LogP contribution in [0.4, 0.5) is 0 Å². The van der Waals surface area contributed by atoms with E-state index in [1.807, 2.05) is 0 Å². The Labute approximate surface area is 130 Å². The molecule has 3 aliphatic heterocycles. The zero-order valence-corrected chi connectivity index (χ0v) is 13.9. The lowest BCUT2D eigenvalue weighted by Crippen LogP contribution is -2.47. The van der Waals surface area contributed by atoms with Crippen LogP contribution in [0.2, 0.25) is 0 Å². The van der Waals surface area contributed by atoms with Gasteiger partial charge in [0.15, 0.2) is 5.76 Å². The van der Waals surface area contributed by atoms with E-state index in [-0.39, 0.29) is 22.8 Å². The van der Waals surface area contributed by atoms with Crippen LogP contribution in [0, 0.1) is 19.8 Å². The molecule has 0 spiro atoms. The van der Waals surface area contributed by atoms with Gasteiger partial charge in [-0.25, -0.2) is 8.42 Å². The number of fused-ring (bicyclic) bond motifs is 4. The SMILES string of the molecule is CC(=O)N1C[C@H]2CC[C@@H](C1)N(S(=O)(=O)c1c(C)noc1C)C2. The van der Waals surface area contributed by atoms with E-state index >= 15 is 0 Å². The number of carbonyl (C=O) groups excluding carboxylic acids is 1. The van der Waals surface area contributed by atoms with Crippen molar-refractivity contribution in [1.29, 1.82) is 0 Å². The van der Waals surface area contributed by atoms with Crippen molar-refractivity contribution >= 4 is 15.9 Å². The smallest absolute Gasteiger partial charge is 0.248 e. The largest absolute Gasteiger partial charge is 0.360 e. The number of aromatic nitrogens is 1. The van der Waals surface area contributed by atoms with Crippen molar-refractivity contribution in [3.05, 3.63) is 11.5 Å². The molecule has 22 heavy (non-hydrogen) atoms. The van der Waals surface area contributed by atoms with Gasteiger partial charge >= 0.3 is 0 Å². The molecule has 0 saturated carbocycles. The average molecular weight is 327 g/mol. The molecule has 0 aliphatic carbocycles. The van der Waals surface area contributed by atoms with Gasteiger partial charge in [-0.15, -0.1) is 0 Å². The Morgan fingerprint density at radius 2 is 1.95 bits per heavy atom. The monoisotopic (exact) mass is 327 g/mol. The molecular weight excluding hydrogens is 306 g/mol. The summed E-state index contributed by atoms with van der Waals surface area (Å²) in [5, 5.41) is 3.76. The molecule has 4 rings (SSSR count). The molecular formula is C14H21N3O4S. The third-order valence-corrected chi connectivity index (χ3v) is 6.81. The van der Waals surface area contributed by atoms with E-state index < -0.39 is 10.0 Å². The normalized spacial score (nSPS) is 26.2. The van der Waals surface area contributed by atoms with Crippen LogP contribution in [0.25, 0.3) is 0 Å². The molecule has 7 nitrogen and oxygen atoms in total. The van der Waals surface area contributed by atoms with Crippen LogP contribution in [0.5, 0.6) is 0 Å². The molecule has 0 radical (unpaired) electrons. The van der Waals surface area contributed by atoms with Gasteiger partial charge in [-0.1, -0.05) is 5.16 Å². The standard InChI is InChI=1S/C14H21N3O4S/c1-9-14(10(2)21-15-9)22(19,20)17-7-12-4-5-13(17)8-16(6-12)11(3)18/h12-13H,4-8H2,1-3H3/t12-,13+/m1/s1. The number of aryl methyl sites for hydroxylation is 2. The summed E-state index contributed by atoms with van der Waals surface area (Å²) in [4.78, 5) is 13.6. The topological polar surface area (TPSA) is 83.7 Å². The molecule has 1 aromatic rings. The summed E-state index contributed by atoms with van der Waals surface area (Å²) in [6.45, 7) is 6.36. The zero-order valence-electron chi connectivity index (χ0n) is 13.1. The van der Waals surface area contributed by atoms with Crippen LogP contribution in [0.1, 0.15) is 31.2 Å². The maximum absolute atomic E-state index is 13.0. The fourth-order valence-electron chi connectivity index (χ4n) is 3.55. The minimum absolute atomic E-state index is 0.00786. The lowest BCUT2D eigenvalue weighted by Gasteiger charge is -2.34. The van der Waals surface area contributed by atoms with Gasteiger partial charge in [-0.3, -0.25) is 4.79 Å². The van der Waals surface area contributed by atoms with Crippen LogP contribution in [-0.2, 0) is 14.8 Å². The van der Waals surface area contributed by atoms with Crippen LogP contribution in [0.3, 0.4) is 0 Å². The van der Waals surface area contributed by atoms with Gasteiger partial charge in [0, 0.05) is 32.6 Å². The van der Waals surface area contributed by atoms with Crippen molar-refractivity contribution in [1.82, 2.24) is 14.4 Å². The van der Waals surface area contributed by atoms with Gasteiger partial charge in [0.1, 0.15) is 10.6 Å². The molecule has 0 unspecified atom stereocenters. The first-order valence-electron chi connectivity index (χ1n) is 7.51. The zero-order chi connectivity index (χ0) is 16.1. The van der Waals surface area contributed by atoms with Crippen molar-refractivity contribution in [3.8, 4) is 0 Å². The summed E-state index contributed by atoms with van der Waals surface area (Å²) in [5.74, 6) is 0.521. The molecule has 3 saturated heterocycles. The maximum Gasteiger partial charge on any atom is 0.248 e. The van der Waals surface area contributed by atoms with Crippen LogP contribution < -0.4 is 0 Å². The summed E-state index contributed by atoms with van der Waals surface area (Å²) in [6.07, 6.45) is 1.75. The first kappa shape index (κ1) is 15.5. The van der Waals surface area contributed by atoms with Gasteiger partial charge in [0.25, 0.3) is 0 Å². The van der Waals surface area contributed by atoms with E-state index in [2.05, 4.69) is 5.16 Å². The highest BCUT2D eigenvalue weighted by Crippen LogP contribution is 2.34. The van der Waals surface area contributed by atoms with Crippen molar-refractivity contribution < 1.29 is 17.7 Å². The van der Waals surface area contributed by atoms with Gasteiger partial charge in [-0.2, -0.15) is 4.31 Å². The molecule has 0 aromatic carbocycles. The molecule has 4 heterocycles. The van der Waals surface area contributed by atoms with Crippen LogP contribution in [-0.4, -0.2) is 54.4 Å². The Morgan fingerprint density at radius 1 is 1.23 bits per heavy atom. The van der Waals surface area contributed by atoms with Gasteiger partial charge in [0.2, 0.25) is 15.9 Å². The number of carbonyl (C=O) groups is 1. The summed E-state index contributed by atoms with van der Waals surface area (Å²) in [5.41, 5.74) is 0.390. The number of piperidine rings is 1. The van der Waals surface area contributed by atoms with E-state index in [1.54, 1.807) is 23.1 Å². The lowest BCUT2D eigenvalue weighted by molar-refractivity contribution is -0.129. The Hall–Kier alpha value is -1.41. The number of nitrogens with zero attached hydrogens (tertiary/aromatic N) is 3. The first-order valence-corrected chi connectivity index (χ1v) is 8.95. The summed E-state index contributed by atoms with van der Waals surface area (Å²) in [6, 6.07) is -0.165. The summed E-state index contributed by atoms with van der Waals surface area (Å²) < 4.78 is 32.6. The Kier molecular flexibility index (Phi) is 3.76. The van der Waals surface area contributed by atoms with E-state index in [9.17, 15) is 13.2 Å². The highest BCUT2D eigenvalue weighted by atomic mass is 32.2.